The molecule has 2 aromatic rings. The third-order valence-corrected chi connectivity index (χ3v) is 3.01. The van der Waals surface area contributed by atoms with E-state index in [-0.39, 0.29) is 5.69 Å². The number of aromatic amines is 1. The Bertz CT molecular complexity index is 643. The molecular weight excluding hydrogens is 290 g/mol. The van der Waals surface area contributed by atoms with Gasteiger partial charge in [0.2, 0.25) is 5.75 Å². The number of aromatic carboxylic acids is 1. The van der Waals surface area contributed by atoms with Crippen LogP contribution >= 0.6 is 0 Å². The lowest BCUT2D eigenvalue weighted by molar-refractivity contribution is 0.0690. The van der Waals surface area contributed by atoms with Crippen LogP contribution in [0.1, 0.15) is 16.1 Å². The summed E-state index contributed by atoms with van der Waals surface area (Å²) in [4.78, 5) is 10.8. The molecule has 0 saturated carbocycles. The SMILES string of the molecule is COc1cc(CNc2cc(C(=O)O)[nH]n2)cc(OC)c1OC. The van der Waals surface area contributed by atoms with E-state index in [1.807, 2.05) is 0 Å². The fraction of sp³-hybridized carbons (Fsp3) is 0.286. The second-order valence-electron chi connectivity index (χ2n) is 4.36. The molecule has 8 heteroatoms. The maximum absolute atomic E-state index is 10.8. The Morgan fingerprint density at radius 1 is 1.18 bits per heavy atom. The molecule has 0 spiro atoms. The highest BCUT2D eigenvalue weighted by Crippen LogP contribution is 2.38. The highest BCUT2D eigenvalue weighted by Gasteiger charge is 2.13. The molecule has 0 aliphatic carbocycles. The average Bonchev–Trinajstić information content (AvgIpc) is 3.00. The van der Waals surface area contributed by atoms with Gasteiger partial charge in [0.15, 0.2) is 11.5 Å². The first-order chi connectivity index (χ1) is 10.6. The van der Waals surface area contributed by atoms with Crippen LogP contribution in [0.5, 0.6) is 17.2 Å². The van der Waals surface area contributed by atoms with Crippen molar-refractivity contribution in [1.29, 1.82) is 0 Å². The molecular formula is C14H17N3O5. The number of carboxylic acid groups (broad SMARTS) is 1. The second-order valence-corrected chi connectivity index (χ2v) is 4.36. The molecule has 2 rings (SSSR count). The Hall–Kier alpha value is -2.90. The number of hydrogen-bond donors (Lipinski definition) is 3. The first-order valence-electron chi connectivity index (χ1n) is 6.40. The predicted molar refractivity (Wildman–Crippen MR) is 79.0 cm³/mol. The molecule has 0 amide bonds. The van der Waals surface area contributed by atoms with E-state index in [0.29, 0.717) is 29.6 Å². The molecule has 0 bridgehead atoms. The van der Waals surface area contributed by atoms with E-state index >= 15 is 0 Å². The number of ether oxygens (including phenoxy) is 3. The van der Waals surface area contributed by atoms with Crippen molar-refractivity contribution in [2.24, 2.45) is 0 Å². The molecule has 0 fully saturated rings. The first-order valence-corrected chi connectivity index (χ1v) is 6.40. The van der Waals surface area contributed by atoms with Gasteiger partial charge in [0.1, 0.15) is 11.5 Å². The molecule has 22 heavy (non-hydrogen) atoms. The molecule has 0 aliphatic rings. The number of hydrogen-bond acceptors (Lipinski definition) is 6. The highest BCUT2D eigenvalue weighted by molar-refractivity contribution is 5.86. The summed E-state index contributed by atoms with van der Waals surface area (Å²) in [6.07, 6.45) is 0. The van der Waals surface area contributed by atoms with E-state index in [1.54, 1.807) is 26.4 Å². The number of aromatic nitrogens is 2. The van der Waals surface area contributed by atoms with Crippen molar-refractivity contribution < 1.29 is 24.1 Å². The van der Waals surface area contributed by atoms with Gasteiger partial charge in [-0.1, -0.05) is 0 Å². The van der Waals surface area contributed by atoms with Crippen LogP contribution in [0.25, 0.3) is 0 Å². The Labute approximate surface area is 127 Å². The lowest BCUT2D eigenvalue weighted by Gasteiger charge is -2.14. The normalized spacial score (nSPS) is 10.1. The molecule has 0 saturated heterocycles. The number of anilines is 1. The van der Waals surface area contributed by atoms with Crippen molar-refractivity contribution in [2.45, 2.75) is 6.54 Å². The van der Waals surface area contributed by atoms with E-state index in [4.69, 9.17) is 19.3 Å². The fourth-order valence-corrected chi connectivity index (χ4v) is 1.95. The second kappa shape index (κ2) is 6.70. The van der Waals surface area contributed by atoms with Gasteiger partial charge >= 0.3 is 5.97 Å². The average molecular weight is 307 g/mol. The molecule has 8 nitrogen and oxygen atoms in total. The zero-order valence-corrected chi connectivity index (χ0v) is 12.5. The van der Waals surface area contributed by atoms with Crippen LogP contribution in [0.2, 0.25) is 0 Å². The van der Waals surface area contributed by atoms with Crippen LogP contribution in [-0.4, -0.2) is 42.6 Å². The van der Waals surface area contributed by atoms with E-state index in [0.717, 1.165) is 5.56 Å². The summed E-state index contributed by atoms with van der Waals surface area (Å²) in [6, 6.07) is 5.03. The van der Waals surface area contributed by atoms with Crippen molar-refractivity contribution >= 4 is 11.8 Å². The molecule has 3 N–H and O–H groups in total. The molecule has 0 aliphatic heterocycles. The van der Waals surface area contributed by atoms with Gasteiger partial charge in [0.05, 0.1) is 21.3 Å². The minimum atomic E-state index is -1.06. The zero-order chi connectivity index (χ0) is 16.1. The molecule has 118 valence electrons. The van der Waals surface area contributed by atoms with Crippen molar-refractivity contribution in [2.75, 3.05) is 26.6 Å². The third-order valence-electron chi connectivity index (χ3n) is 3.01. The summed E-state index contributed by atoms with van der Waals surface area (Å²) in [5, 5.41) is 18.1. The largest absolute Gasteiger partial charge is 0.493 e. The Morgan fingerprint density at radius 2 is 1.82 bits per heavy atom. The van der Waals surface area contributed by atoms with Crippen LogP contribution in [0.3, 0.4) is 0 Å². The van der Waals surface area contributed by atoms with Crippen LogP contribution in [-0.2, 0) is 6.54 Å². The van der Waals surface area contributed by atoms with Gasteiger partial charge in [-0.15, -0.1) is 0 Å². The topological polar surface area (TPSA) is 106 Å². The monoisotopic (exact) mass is 307 g/mol. The van der Waals surface area contributed by atoms with Crippen LogP contribution in [0.4, 0.5) is 5.82 Å². The Morgan fingerprint density at radius 3 is 2.27 bits per heavy atom. The maximum Gasteiger partial charge on any atom is 0.353 e. The smallest absolute Gasteiger partial charge is 0.353 e. The van der Waals surface area contributed by atoms with Crippen molar-refractivity contribution in [1.82, 2.24) is 10.2 Å². The van der Waals surface area contributed by atoms with Gasteiger partial charge in [-0.2, -0.15) is 5.10 Å². The summed E-state index contributed by atoms with van der Waals surface area (Å²) in [5.41, 5.74) is 0.891. The lowest BCUT2D eigenvalue weighted by atomic mass is 10.1. The summed E-state index contributed by atoms with van der Waals surface area (Å²) in [6.45, 7) is 0.417. The van der Waals surface area contributed by atoms with Gasteiger partial charge in [0, 0.05) is 12.6 Å². The number of carbonyl (C=O) groups is 1. The highest BCUT2D eigenvalue weighted by atomic mass is 16.5. The number of nitrogens with one attached hydrogen (secondary N) is 2. The first kappa shape index (κ1) is 15.5. The minimum absolute atomic E-state index is 0.0207. The molecule has 0 radical (unpaired) electrons. The van der Waals surface area contributed by atoms with Gasteiger partial charge in [0.25, 0.3) is 0 Å². The summed E-state index contributed by atoms with van der Waals surface area (Å²) < 4.78 is 15.8. The number of rotatable bonds is 7. The lowest BCUT2D eigenvalue weighted by Crippen LogP contribution is -2.02. The third kappa shape index (κ3) is 3.22. The quantitative estimate of drug-likeness (QED) is 0.715. The van der Waals surface area contributed by atoms with E-state index < -0.39 is 5.97 Å². The zero-order valence-electron chi connectivity index (χ0n) is 12.5. The van der Waals surface area contributed by atoms with Gasteiger partial charge in [-0.05, 0) is 17.7 Å². The summed E-state index contributed by atoms with van der Waals surface area (Å²) >= 11 is 0. The minimum Gasteiger partial charge on any atom is -0.493 e. The molecule has 1 aromatic carbocycles. The molecule has 1 aromatic heterocycles. The Kier molecular flexibility index (Phi) is 4.72. The van der Waals surface area contributed by atoms with E-state index in [1.165, 1.54) is 13.2 Å². The van der Waals surface area contributed by atoms with Crippen LogP contribution < -0.4 is 19.5 Å². The standard InChI is InChI=1S/C14H17N3O5/c1-20-10-4-8(5-11(21-2)13(10)22-3)7-15-12-6-9(14(18)19)16-17-12/h4-6H,7H2,1-3H3,(H,18,19)(H2,15,16,17). The predicted octanol–water partition coefficient (Wildman–Crippen LogP) is 1.75. The van der Waals surface area contributed by atoms with Crippen LogP contribution in [0.15, 0.2) is 18.2 Å². The maximum atomic E-state index is 10.8. The molecule has 0 unspecified atom stereocenters. The van der Waals surface area contributed by atoms with Gasteiger partial charge < -0.3 is 24.6 Å². The van der Waals surface area contributed by atoms with Gasteiger partial charge in [-0.3, -0.25) is 5.10 Å². The van der Waals surface area contributed by atoms with Gasteiger partial charge in [-0.25, -0.2) is 4.79 Å². The van der Waals surface area contributed by atoms with Crippen molar-refractivity contribution in [3.05, 3.63) is 29.5 Å². The number of nitrogens with zero attached hydrogens (tertiary/aromatic N) is 1. The number of carboxylic acids is 1. The summed E-state index contributed by atoms with van der Waals surface area (Å²) in [5.74, 6) is 0.986. The Balaban J connectivity index is 2.16. The van der Waals surface area contributed by atoms with Crippen LogP contribution in [0, 0.1) is 0 Å². The van der Waals surface area contributed by atoms with E-state index in [2.05, 4.69) is 15.5 Å². The molecule has 1 heterocycles. The van der Waals surface area contributed by atoms with E-state index in [9.17, 15) is 4.79 Å². The fourth-order valence-electron chi connectivity index (χ4n) is 1.95. The van der Waals surface area contributed by atoms with Crippen molar-refractivity contribution in [3.8, 4) is 17.2 Å². The number of methoxy groups -OCH3 is 3. The van der Waals surface area contributed by atoms with Crippen molar-refractivity contribution in [3.63, 3.8) is 0 Å². The number of benzene rings is 1. The summed E-state index contributed by atoms with van der Waals surface area (Å²) in [7, 11) is 4.62. The number of H-pyrrole nitrogens is 1. The molecule has 0 atom stereocenters.